The van der Waals surface area contributed by atoms with Crippen molar-refractivity contribution in [3.8, 4) is 11.5 Å². The smallest absolute Gasteiger partial charge is 0.161 e. The molecule has 1 atom stereocenters. The van der Waals surface area contributed by atoms with Crippen LogP contribution in [0.25, 0.3) is 0 Å². The zero-order valence-electron chi connectivity index (χ0n) is 17.2. The van der Waals surface area contributed by atoms with Gasteiger partial charge in [-0.25, -0.2) is 0 Å². The SMILES string of the molecule is COc1cc2c(cc1OC)C(C)N(CC1(c3ccccc3)CCCC1)CC2.Cl. The topological polar surface area (TPSA) is 21.7 Å². The summed E-state index contributed by atoms with van der Waals surface area (Å²) < 4.78 is 11.1. The molecule has 0 saturated heterocycles. The minimum Gasteiger partial charge on any atom is -0.493 e. The van der Waals surface area contributed by atoms with Gasteiger partial charge >= 0.3 is 0 Å². The third kappa shape index (κ3) is 3.75. The third-order valence-corrected chi connectivity index (χ3v) is 6.76. The molecule has 2 aromatic carbocycles. The van der Waals surface area contributed by atoms with Crippen LogP contribution in [0.15, 0.2) is 42.5 Å². The zero-order valence-corrected chi connectivity index (χ0v) is 18.1. The summed E-state index contributed by atoms with van der Waals surface area (Å²) >= 11 is 0. The summed E-state index contributed by atoms with van der Waals surface area (Å²) in [6, 6.07) is 16.0. The quantitative estimate of drug-likeness (QED) is 0.654. The van der Waals surface area contributed by atoms with E-state index in [2.05, 4.69) is 54.3 Å². The summed E-state index contributed by atoms with van der Waals surface area (Å²) in [6.07, 6.45) is 6.38. The van der Waals surface area contributed by atoms with Gasteiger partial charge < -0.3 is 9.47 Å². The molecule has 28 heavy (non-hydrogen) atoms. The number of methoxy groups -OCH3 is 2. The average molecular weight is 402 g/mol. The molecule has 152 valence electrons. The van der Waals surface area contributed by atoms with Gasteiger partial charge in [-0.15, -0.1) is 12.4 Å². The first kappa shape index (κ1) is 21.0. The van der Waals surface area contributed by atoms with Crippen LogP contribution in [0.1, 0.15) is 55.3 Å². The van der Waals surface area contributed by atoms with Crippen LogP contribution in [0, 0.1) is 0 Å². The molecule has 1 aliphatic heterocycles. The Morgan fingerprint density at radius 2 is 1.64 bits per heavy atom. The third-order valence-electron chi connectivity index (χ3n) is 6.76. The van der Waals surface area contributed by atoms with Crippen molar-refractivity contribution in [3.63, 3.8) is 0 Å². The molecule has 0 aromatic heterocycles. The van der Waals surface area contributed by atoms with Crippen molar-refractivity contribution in [2.45, 2.75) is 50.5 Å². The van der Waals surface area contributed by atoms with Crippen molar-refractivity contribution < 1.29 is 9.47 Å². The number of benzene rings is 2. The van der Waals surface area contributed by atoms with E-state index in [1.807, 2.05) is 0 Å². The van der Waals surface area contributed by atoms with Gasteiger partial charge in [0.05, 0.1) is 14.2 Å². The molecule has 1 aliphatic carbocycles. The Balaban J connectivity index is 0.00000225. The molecular formula is C24H32ClNO2. The molecule has 1 saturated carbocycles. The normalized spacial score (nSPS) is 20.9. The Kier molecular flexibility index (Phi) is 6.57. The molecule has 0 spiro atoms. The highest BCUT2D eigenvalue weighted by atomic mass is 35.5. The van der Waals surface area contributed by atoms with E-state index >= 15 is 0 Å². The summed E-state index contributed by atoms with van der Waals surface area (Å²) in [5, 5.41) is 0. The van der Waals surface area contributed by atoms with E-state index in [4.69, 9.17) is 9.47 Å². The van der Waals surface area contributed by atoms with E-state index in [-0.39, 0.29) is 12.4 Å². The maximum Gasteiger partial charge on any atom is 0.161 e. The number of ether oxygens (including phenoxy) is 2. The minimum atomic E-state index is 0. The van der Waals surface area contributed by atoms with E-state index in [0.29, 0.717) is 11.5 Å². The van der Waals surface area contributed by atoms with E-state index in [1.165, 1.54) is 42.4 Å². The lowest BCUT2D eigenvalue weighted by Gasteiger charge is -2.42. The van der Waals surface area contributed by atoms with Gasteiger partial charge in [-0.1, -0.05) is 43.2 Å². The fourth-order valence-electron chi connectivity index (χ4n) is 5.18. The van der Waals surface area contributed by atoms with E-state index in [1.54, 1.807) is 14.2 Å². The van der Waals surface area contributed by atoms with Gasteiger partial charge in [-0.05, 0) is 55.0 Å². The lowest BCUT2D eigenvalue weighted by atomic mass is 9.77. The van der Waals surface area contributed by atoms with Gasteiger partial charge in [0.1, 0.15) is 0 Å². The average Bonchev–Trinajstić information content (AvgIpc) is 3.20. The Bertz CT molecular complexity index is 787. The molecule has 0 radical (unpaired) electrons. The van der Waals surface area contributed by atoms with Gasteiger partial charge in [-0.3, -0.25) is 4.90 Å². The fourth-order valence-corrected chi connectivity index (χ4v) is 5.18. The van der Waals surface area contributed by atoms with Gasteiger partial charge in [0.25, 0.3) is 0 Å². The van der Waals surface area contributed by atoms with Gasteiger partial charge in [-0.2, -0.15) is 0 Å². The Labute approximate surface area is 175 Å². The lowest BCUT2D eigenvalue weighted by Crippen LogP contribution is -2.43. The van der Waals surface area contributed by atoms with Crippen LogP contribution in [0.2, 0.25) is 0 Å². The number of fused-ring (bicyclic) bond motifs is 1. The molecule has 1 fully saturated rings. The summed E-state index contributed by atoms with van der Waals surface area (Å²) in [7, 11) is 3.44. The van der Waals surface area contributed by atoms with Crippen molar-refractivity contribution in [1.82, 2.24) is 4.90 Å². The van der Waals surface area contributed by atoms with Crippen LogP contribution < -0.4 is 9.47 Å². The van der Waals surface area contributed by atoms with Crippen LogP contribution in [0.5, 0.6) is 11.5 Å². The van der Waals surface area contributed by atoms with Crippen LogP contribution in [-0.2, 0) is 11.8 Å². The maximum absolute atomic E-state index is 5.56. The van der Waals surface area contributed by atoms with Gasteiger partial charge in [0.15, 0.2) is 11.5 Å². The lowest BCUT2D eigenvalue weighted by molar-refractivity contribution is 0.150. The van der Waals surface area contributed by atoms with Crippen LogP contribution in [0.4, 0.5) is 0 Å². The Morgan fingerprint density at radius 3 is 2.29 bits per heavy atom. The second-order valence-electron chi connectivity index (χ2n) is 8.16. The number of rotatable bonds is 5. The fraction of sp³-hybridized carbons (Fsp3) is 0.500. The molecule has 3 nitrogen and oxygen atoms in total. The number of nitrogens with zero attached hydrogens (tertiary/aromatic N) is 1. The second kappa shape index (κ2) is 8.75. The molecule has 0 amide bonds. The molecule has 2 aliphatic rings. The standard InChI is InChI=1S/C24H31NO2.ClH/c1-18-21-16-23(27-3)22(26-2)15-19(21)11-14-25(18)17-24(12-7-8-13-24)20-9-5-4-6-10-20;/h4-6,9-10,15-16,18H,7-8,11-14,17H2,1-3H3;1H. The van der Waals surface area contributed by atoms with Crippen molar-refractivity contribution in [2.24, 2.45) is 0 Å². The molecule has 4 heteroatoms. The molecule has 2 aromatic rings. The highest BCUT2D eigenvalue weighted by Gasteiger charge is 2.39. The number of hydrogen-bond donors (Lipinski definition) is 0. The molecule has 0 N–H and O–H groups in total. The first-order valence-corrected chi connectivity index (χ1v) is 10.2. The van der Waals surface area contributed by atoms with E-state index in [0.717, 1.165) is 31.0 Å². The first-order valence-electron chi connectivity index (χ1n) is 10.2. The van der Waals surface area contributed by atoms with E-state index in [9.17, 15) is 0 Å². The molecule has 1 unspecified atom stereocenters. The monoisotopic (exact) mass is 401 g/mol. The van der Waals surface area contributed by atoms with Crippen LogP contribution >= 0.6 is 12.4 Å². The van der Waals surface area contributed by atoms with Crippen molar-refractivity contribution in [2.75, 3.05) is 27.3 Å². The summed E-state index contributed by atoms with van der Waals surface area (Å²) in [5.41, 5.74) is 4.62. The number of halogens is 1. The van der Waals surface area contributed by atoms with E-state index < -0.39 is 0 Å². The highest BCUT2D eigenvalue weighted by molar-refractivity contribution is 5.85. The molecule has 0 bridgehead atoms. The molecule has 1 heterocycles. The summed E-state index contributed by atoms with van der Waals surface area (Å²) in [6.45, 7) is 4.60. The predicted octanol–water partition coefficient (Wildman–Crippen LogP) is 5.56. The highest BCUT2D eigenvalue weighted by Crippen LogP contribution is 2.45. The minimum absolute atomic E-state index is 0. The zero-order chi connectivity index (χ0) is 18.9. The predicted molar refractivity (Wildman–Crippen MR) is 117 cm³/mol. The second-order valence-corrected chi connectivity index (χ2v) is 8.16. The van der Waals surface area contributed by atoms with Crippen LogP contribution in [-0.4, -0.2) is 32.2 Å². The van der Waals surface area contributed by atoms with Crippen molar-refractivity contribution in [1.29, 1.82) is 0 Å². The summed E-state index contributed by atoms with van der Waals surface area (Å²) in [5.74, 6) is 1.68. The first-order chi connectivity index (χ1) is 13.2. The Morgan fingerprint density at radius 1 is 1.00 bits per heavy atom. The maximum atomic E-state index is 5.56. The van der Waals surface area contributed by atoms with Crippen molar-refractivity contribution in [3.05, 3.63) is 59.2 Å². The van der Waals surface area contributed by atoms with Gasteiger partial charge in [0.2, 0.25) is 0 Å². The number of hydrogen-bond acceptors (Lipinski definition) is 3. The van der Waals surface area contributed by atoms with Crippen LogP contribution in [0.3, 0.4) is 0 Å². The summed E-state index contributed by atoms with van der Waals surface area (Å²) in [4.78, 5) is 2.69. The largest absolute Gasteiger partial charge is 0.493 e. The van der Waals surface area contributed by atoms with Gasteiger partial charge in [0, 0.05) is 24.5 Å². The molecule has 4 rings (SSSR count). The Hall–Kier alpha value is -1.71. The molecular weight excluding hydrogens is 370 g/mol. The van der Waals surface area contributed by atoms with Crippen molar-refractivity contribution >= 4 is 12.4 Å².